The maximum absolute atomic E-state index is 10.8. The SMILES string of the molecule is COc1cc(C=O)cc(N)c1OCc1ccc(C)cc1. The van der Waals surface area contributed by atoms with Crippen molar-refractivity contribution in [3.05, 3.63) is 53.1 Å². The normalized spacial score (nSPS) is 10.1. The highest BCUT2D eigenvalue weighted by molar-refractivity contribution is 5.80. The van der Waals surface area contributed by atoms with E-state index >= 15 is 0 Å². The second kappa shape index (κ2) is 6.10. The molecule has 2 aromatic carbocycles. The molecule has 0 bridgehead atoms. The Morgan fingerprint density at radius 2 is 1.90 bits per heavy atom. The lowest BCUT2D eigenvalue weighted by atomic mass is 10.1. The highest BCUT2D eigenvalue weighted by Crippen LogP contribution is 2.35. The van der Waals surface area contributed by atoms with Crippen molar-refractivity contribution in [3.63, 3.8) is 0 Å². The lowest BCUT2D eigenvalue weighted by Gasteiger charge is -2.13. The van der Waals surface area contributed by atoms with Crippen molar-refractivity contribution < 1.29 is 14.3 Å². The lowest BCUT2D eigenvalue weighted by Crippen LogP contribution is -2.02. The summed E-state index contributed by atoms with van der Waals surface area (Å²) in [5.74, 6) is 0.915. The summed E-state index contributed by atoms with van der Waals surface area (Å²) in [7, 11) is 1.52. The monoisotopic (exact) mass is 271 g/mol. The van der Waals surface area contributed by atoms with Crippen LogP contribution in [0.5, 0.6) is 11.5 Å². The molecule has 0 fully saturated rings. The highest BCUT2D eigenvalue weighted by Gasteiger charge is 2.11. The number of aryl methyl sites for hydroxylation is 1. The van der Waals surface area contributed by atoms with E-state index < -0.39 is 0 Å². The number of nitrogens with two attached hydrogens (primary N) is 1. The number of nitrogen functional groups attached to an aromatic ring is 1. The van der Waals surface area contributed by atoms with E-state index in [0.29, 0.717) is 29.4 Å². The molecule has 0 spiro atoms. The van der Waals surface area contributed by atoms with Crippen LogP contribution < -0.4 is 15.2 Å². The van der Waals surface area contributed by atoms with Gasteiger partial charge in [0.25, 0.3) is 0 Å². The number of ether oxygens (including phenoxy) is 2. The maximum atomic E-state index is 10.8. The molecule has 0 saturated carbocycles. The number of rotatable bonds is 5. The van der Waals surface area contributed by atoms with E-state index in [2.05, 4.69) is 0 Å². The van der Waals surface area contributed by atoms with Crippen molar-refractivity contribution in [1.29, 1.82) is 0 Å². The van der Waals surface area contributed by atoms with Gasteiger partial charge in [0.05, 0.1) is 12.8 Å². The Kier molecular flexibility index (Phi) is 4.25. The zero-order valence-corrected chi connectivity index (χ0v) is 11.6. The van der Waals surface area contributed by atoms with Crippen molar-refractivity contribution in [2.24, 2.45) is 0 Å². The number of hydrogen-bond donors (Lipinski definition) is 1. The Labute approximate surface area is 118 Å². The average Bonchev–Trinajstić information content (AvgIpc) is 2.47. The maximum Gasteiger partial charge on any atom is 0.184 e. The third kappa shape index (κ3) is 3.09. The van der Waals surface area contributed by atoms with E-state index in [0.717, 1.165) is 11.8 Å². The number of carbonyl (C=O) groups excluding carboxylic acids is 1. The van der Waals surface area contributed by atoms with Gasteiger partial charge in [0.15, 0.2) is 11.5 Å². The third-order valence-electron chi connectivity index (χ3n) is 2.97. The Morgan fingerprint density at radius 1 is 1.20 bits per heavy atom. The van der Waals surface area contributed by atoms with Crippen LogP contribution in [-0.4, -0.2) is 13.4 Å². The quantitative estimate of drug-likeness (QED) is 0.671. The van der Waals surface area contributed by atoms with Crippen LogP contribution in [0.3, 0.4) is 0 Å². The standard InChI is InChI=1S/C16H17NO3/c1-11-3-5-12(6-4-11)10-20-16-14(17)7-13(9-18)8-15(16)19-2/h3-9H,10,17H2,1-2H3. The molecule has 0 saturated heterocycles. The van der Waals surface area contributed by atoms with Gasteiger partial charge in [-0.05, 0) is 24.6 Å². The van der Waals surface area contributed by atoms with Crippen molar-refractivity contribution >= 4 is 12.0 Å². The zero-order valence-electron chi connectivity index (χ0n) is 11.6. The van der Waals surface area contributed by atoms with Gasteiger partial charge in [-0.2, -0.15) is 0 Å². The molecule has 4 heteroatoms. The van der Waals surface area contributed by atoms with Crippen molar-refractivity contribution in [1.82, 2.24) is 0 Å². The molecule has 0 radical (unpaired) electrons. The Morgan fingerprint density at radius 3 is 2.50 bits per heavy atom. The molecule has 104 valence electrons. The topological polar surface area (TPSA) is 61.5 Å². The summed E-state index contributed by atoms with van der Waals surface area (Å²) in [6, 6.07) is 11.2. The van der Waals surface area contributed by atoms with Gasteiger partial charge < -0.3 is 15.2 Å². The van der Waals surface area contributed by atoms with Crippen LogP contribution in [0.4, 0.5) is 5.69 Å². The molecule has 0 unspecified atom stereocenters. The fourth-order valence-electron chi connectivity index (χ4n) is 1.86. The molecule has 0 aliphatic carbocycles. The van der Waals surface area contributed by atoms with Gasteiger partial charge in [0.1, 0.15) is 12.9 Å². The Bertz CT molecular complexity index is 606. The number of anilines is 1. The molecule has 2 rings (SSSR count). The second-order valence-corrected chi connectivity index (χ2v) is 4.53. The van der Waals surface area contributed by atoms with E-state index in [1.807, 2.05) is 31.2 Å². The fourth-order valence-corrected chi connectivity index (χ4v) is 1.86. The predicted molar refractivity (Wildman–Crippen MR) is 78.3 cm³/mol. The molecule has 0 aliphatic rings. The molecule has 0 atom stereocenters. The van der Waals surface area contributed by atoms with Gasteiger partial charge in [-0.15, -0.1) is 0 Å². The first-order valence-electron chi connectivity index (χ1n) is 6.25. The van der Waals surface area contributed by atoms with E-state index in [1.54, 1.807) is 12.1 Å². The summed E-state index contributed by atoms with van der Waals surface area (Å²) in [5, 5.41) is 0. The number of hydrogen-bond acceptors (Lipinski definition) is 4. The Balaban J connectivity index is 2.20. The average molecular weight is 271 g/mol. The van der Waals surface area contributed by atoms with Crippen molar-refractivity contribution in [2.75, 3.05) is 12.8 Å². The van der Waals surface area contributed by atoms with Crippen LogP contribution in [0.1, 0.15) is 21.5 Å². The molecular weight excluding hydrogens is 254 g/mol. The smallest absolute Gasteiger partial charge is 0.184 e. The number of methoxy groups -OCH3 is 1. The largest absolute Gasteiger partial charge is 0.493 e. The molecule has 2 aromatic rings. The van der Waals surface area contributed by atoms with Crippen LogP contribution >= 0.6 is 0 Å². The summed E-state index contributed by atoms with van der Waals surface area (Å²) >= 11 is 0. The van der Waals surface area contributed by atoms with E-state index in [4.69, 9.17) is 15.2 Å². The van der Waals surface area contributed by atoms with Crippen LogP contribution in [0.25, 0.3) is 0 Å². The highest BCUT2D eigenvalue weighted by atomic mass is 16.5. The second-order valence-electron chi connectivity index (χ2n) is 4.53. The summed E-state index contributed by atoms with van der Waals surface area (Å²) in [4.78, 5) is 10.8. The minimum Gasteiger partial charge on any atom is -0.493 e. The van der Waals surface area contributed by atoms with E-state index in [9.17, 15) is 4.79 Å². The van der Waals surface area contributed by atoms with Gasteiger partial charge in [-0.3, -0.25) is 4.79 Å². The van der Waals surface area contributed by atoms with Gasteiger partial charge in [0.2, 0.25) is 0 Å². The summed E-state index contributed by atoms with van der Waals surface area (Å²) < 4.78 is 10.9. The molecule has 4 nitrogen and oxygen atoms in total. The molecule has 20 heavy (non-hydrogen) atoms. The molecule has 0 aromatic heterocycles. The van der Waals surface area contributed by atoms with E-state index in [-0.39, 0.29) is 0 Å². The predicted octanol–water partition coefficient (Wildman–Crippen LogP) is 2.98. The van der Waals surface area contributed by atoms with Gasteiger partial charge in [-0.25, -0.2) is 0 Å². The third-order valence-corrected chi connectivity index (χ3v) is 2.97. The molecule has 0 heterocycles. The molecular formula is C16H17NO3. The lowest BCUT2D eigenvalue weighted by molar-refractivity contribution is 0.112. The summed E-state index contributed by atoms with van der Waals surface area (Å²) in [6.45, 7) is 2.42. The minimum absolute atomic E-state index is 0.388. The van der Waals surface area contributed by atoms with Crippen LogP contribution in [-0.2, 0) is 6.61 Å². The van der Waals surface area contributed by atoms with Crippen molar-refractivity contribution in [3.8, 4) is 11.5 Å². The zero-order chi connectivity index (χ0) is 14.5. The molecule has 2 N–H and O–H groups in total. The van der Waals surface area contributed by atoms with Crippen molar-refractivity contribution in [2.45, 2.75) is 13.5 Å². The minimum atomic E-state index is 0.388. The first-order valence-corrected chi connectivity index (χ1v) is 6.25. The van der Waals surface area contributed by atoms with Crippen LogP contribution in [0.15, 0.2) is 36.4 Å². The molecule has 0 amide bonds. The first-order chi connectivity index (χ1) is 9.63. The van der Waals surface area contributed by atoms with Crippen LogP contribution in [0, 0.1) is 6.92 Å². The number of benzene rings is 2. The van der Waals surface area contributed by atoms with Gasteiger partial charge >= 0.3 is 0 Å². The summed E-state index contributed by atoms with van der Waals surface area (Å²) in [5.41, 5.74) is 8.98. The van der Waals surface area contributed by atoms with Crippen LogP contribution in [0.2, 0.25) is 0 Å². The van der Waals surface area contributed by atoms with Gasteiger partial charge in [0, 0.05) is 5.56 Å². The van der Waals surface area contributed by atoms with E-state index in [1.165, 1.54) is 12.7 Å². The number of carbonyl (C=O) groups is 1. The first kappa shape index (κ1) is 13.9. The number of aldehydes is 1. The summed E-state index contributed by atoms with van der Waals surface area (Å²) in [6.07, 6.45) is 0.725. The van der Waals surface area contributed by atoms with Gasteiger partial charge in [-0.1, -0.05) is 29.8 Å². The molecule has 0 aliphatic heterocycles. The fraction of sp³-hybridized carbons (Fsp3) is 0.188. The Hall–Kier alpha value is -2.49.